The van der Waals surface area contributed by atoms with Gasteiger partial charge in [0.15, 0.2) is 0 Å². The zero-order chi connectivity index (χ0) is 15.4. The number of aromatic nitrogens is 2. The standard InChI is InChI=1S/C14H20F2N4O/c1-9-4-3-5-11(6-9)17-18-13(21)8-20-10(2)7-12(19-20)14(15)16/h7,9,14H,3-6,8H2,1-2H3,(H,18,21)/b17-11+/t9-/m0/s1. The van der Waals surface area contributed by atoms with E-state index in [9.17, 15) is 13.6 Å². The highest BCUT2D eigenvalue weighted by Gasteiger charge is 2.16. The maximum Gasteiger partial charge on any atom is 0.282 e. The fourth-order valence-electron chi connectivity index (χ4n) is 2.48. The Labute approximate surface area is 122 Å². The molecule has 1 atom stereocenters. The molecule has 2 rings (SSSR count). The molecule has 0 bridgehead atoms. The van der Waals surface area contributed by atoms with E-state index in [1.165, 1.54) is 17.2 Å². The highest BCUT2D eigenvalue weighted by Crippen LogP contribution is 2.21. The smallest absolute Gasteiger partial charge is 0.271 e. The summed E-state index contributed by atoms with van der Waals surface area (Å²) in [6.07, 6.45) is 1.45. The first kappa shape index (κ1) is 15.6. The topological polar surface area (TPSA) is 59.3 Å². The molecule has 1 saturated carbocycles. The van der Waals surface area contributed by atoms with Crippen molar-refractivity contribution in [3.8, 4) is 0 Å². The van der Waals surface area contributed by atoms with E-state index in [1.807, 2.05) is 0 Å². The van der Waals surface area contributed by atoms with Crippen molar-refractivity contribution in [1.29, 1.82) is 0 Å². The second kappa shape index (κ2) is 6.78. The van der Waals surface area contributed by atoms with Crippen LogP contribution in [0.25, 0.3) is 0 Å². The van der Waals surface area contributed by atoms with E-state index in [1.54, 1.807) is 6.92 Å². The van der Waals surface area contributed by atoms with Crippen LogP contribution in [0.15, 0.2) is 11.2 Å². The van der Waals surface area contributed by atoms with Gasteiger partial charge < -0.3 is 0 Å². The van der Waals surface area contributed by atoms with Gasteiger partial charge in [0.05, 0.1) is 0 Å². The molecule has 1 aliphatic rings. The van der Waals surface area contributed by atoms with Crippen LogP contribution in [0.2, 0.25) is 0 Å². The van der Waals surface area contributed by atoms with Gasteiger partial charge in [0.2, 0.25) is 0 Å². The van der Waals surface area contributed by atoms with Crippen LogP contribution in [0.4, 0.5) is 8.78 Å². The zero-order valence-electron chi connectivity index (χ0n) is 12.3. The summed E-state index contributed by atoms with van der Waals surface area (Å²) in [7, 11) is 0. The number of amides is 1. The summed E-state index contributed by atoms with van der Waals surface area (Å²) in [5.74, 6) is 0.240. The van der Waals surface area contributed by atoms with Gasteiger partial charge >= 0.3 is 0 Å². The number of aryl methyl sites for hydroxylation is 1. The Morgan fingerprint density at radius 2 is 2.38 bits per heavy atom. The lowest BCUT2D eigenvalue weighted by Crippen LogP contribution is -2.26. The van der Waals surface area contributed by atoms with Crippen molar-refractivity contribution in [3.63, 3.8) is 0 Å². The van der Waals surface area contributed by atoms with Gasteiger partial charge in [-0.25, -0.2) is 14.2 Å². The van der Waals surface area contributed by atoms with Crippen molar-refractivity contribution in [2.24, 2.45) is 11.0 Å². The van der Waals surface area contributed by atoms with Crippen LogP contribution in [0.1, 0.15) is 50.4 Å². The van der Waals surface area contributed by atoms with Crippen molar-refractivity contribution in [2.75, 3.05) is 0 Å². The normalized spacial score (nSPS) is 21.0. The predicted molar refractivity (Wildman–Crippen MR) is 75.1 cm³/mol. The molecule has 21 heavy (non-hydrogen) atoms. The lowest BCUT2D eigenvalue weighted by atomic mass is 9.89. The average molecular weight is 298 g/mol. The van der Waals surface area contributed by atoms with Crippen LogP contribution in [0.5, 0.6) is 0 Å². The number of alkyl halides is 2. The monoisotopic (exact) mass is 298 g/mol. The molecule has 1 aliphatic carbocycles. The third kappa shape index (κ3) is 4.34. The summed E-state index contributed by atoms with van der Waals surface area (Å²) >= 11 is 0. The van der Waals surface area contributed by atoms with E-state index in [4.69, 9.17) is 0 Å². The molecular formula is C14H20F2N4O. The maximum atomic E-state index is 12.5. The van der Waals surface area contributed by atoms with Gasteiger partial charge in [-0.05, 0) is 44.6 Å². The Balaban J connectivity index is 1.91. The highest BCUT2D eigenvalue weighted by molar-refractivity contribution is 5.87. The summed E-state index contributed by atoms with van der Waals surface area (Å²) in [4.78, 5) is 11.8. The first-order chi connectivity index (χ1) is 9.95. The van der Waals surface area contributed by atoms with Crippen LogP contribution in [0, 0.1) is 12.8 Å². The third-order valence-electron chi connectivity index (χ3n) is 3.60. The zero-order valence-corrected chi connectivity index (χ0v) is 12.3. The molecule has 1 aromatic heterocycles. The summed E-state index contributed by atoms with van der Waals surface area (Å²) in [5.41, 5.74) is 3.70. The molecule has 0 unspecified atom stereocenters. The van der Waals surface area contributed by atoms with E-state index in [0.29, 0.717) is 11.6 Å². The number of carbonyl (C=O) groups is 1. The average Bonchev–Trinajstić information content (AvgIpc) is 2.78. The quantitative estimate of drug-likeness (QED) is 0.869. The summed E-state index contributed by atoms with van der Waals surface area (Å²) in [5, 5.41) is 7.84. The lowest BCUT2D eigenvalue weighted by molar-refractivity contribution is -0.121. The summed E-state index contributed by atoms with van der Waals surface area (Å²) in [6.45, 7) is 3.70. The number of halogens is 2. The molecule has 5 nitrogen and oxygen atoms in total. The maximum absolute atomic E-state index is 12.5. The van der Waals surface area contributed by atoms with Gasteiger partial charge in [-0.15, -0.1) is 0 Å². The van der Waals surface area contributed by atoms with E-state index < -0.39 is 6.43 Å². The minimum absolute atomic E-state index is 0.106. The minimum atomic E-state index is -2.63. The number of nitrogens with zero attached hydrogens (tertiary/aromatic N) is 3. The first-order valence-electron chi connectivity index (χ1n) is 7.12. The summed E-state index contributed by atoms with van der Waals surface area (Å²) in [6, 6.07) is 1.28. The minimum Gasteiger partial charge on any atom is -0.271 e. The van der Waals surface area contributed by atoms with E-state index in [2.05, 4.69) is 22.5 Å². The molecule has 0 radical (unpaired) electrons. The molecular weight excluding hydrogens is 278 g/mol. The molecule has 1 amide bonds. The Kier molecular flexibility index (Phi) is 5.03. The molecule has 1 fully saturated rings. The highest BCUT2D eigenvalue weighted by atomic mass is 19.3. The van der Waals surface area contributed by atoms with Crippen LogP contribution >= 0.6 is 0 Å². The van der Waals surface area contributed by atoms with Crippen molar-refractivity contribution in [2.45, 2.75) is 52.5 Å². The molecule has 0 aliphatic heterocycles. The van der Waals surface area contributed by atoms with E-state index in [0.717, 1.165) is 25.0 Å². The molecule has 0 aromatic carbocycles. The van der Waals surface area contributed by atoms with Crippen molar-refractivity contribution < 1.29 is 13.6 Å². The lowest BCUT2D eigenvalue weighted by Gasteiger charge is -2.18. The molecule has 7 heteroatoms. The van der Waals surface area contributed by atoms with Gasteiger partial charge in [-0.3, -0.25) is 9.48 Å². The van der Waals surface area contributed by atoms with Crippen LogP contribution in [-0.2, 0) is 11.3 Å². The second-order valence-electron chi connectivity index (χ2n) is 5.58. The molecule has 1 N–H and O–H groups in total. The number of rotatable bonds is 4. The van der Waals surface area contributed by atoms with Crippen molar-refractivity contribution in [1.82, 2.24) is 15.2 Å². The van der Waals surface area contributed by atoms with Crippen molar-refractivity contribution >= 4 is 11.6 Å². The number of nitrogens with one attached hydrogen (secondary N) is 1. The Bertz CT molecular complexity index is 539. The second-order valence-corrected chi connectivity index (χ2v) is 5.58. The first-order valence-corrected chi connectivity index (χ1v) is 7.12. The van der Waals surface area contributed by atoms with Gasteiger partial charge in [-0.2, -0.15) is 10.2 Å². The van der Waals surface area contributed by atoms with Crippen LogP contribution in [0.3, 0.4) is 0 Å². The fraction of sp³-hybridized carbons (Fsp3) is 0.643. The molecule has 1 heterocycles. The van der Waals surface area contributed by atoms with Crippen molar-refractivity contribution in [3.05, 3.63) is 17.5 Å². The SMILES string of the molecule is Cc1cc(C(F)F)nn1CC(=O)N/N=C1\CCC[C@H](C)C1. The molecule has 1 aromatic rings. The van der Waals surface area contributed by atoms with Gasteiger partial charge in [0.25, 0.3) is 12.3 Å². The number of carbonyl (C=O) groups excluding carboxylic acids is 1. The fourth-order valence-corrected chi connectivity index (χ4v) is 2.48. The van der Waals surface area contributed by atoms with Gasteiger partial charge in [-0.1, -0.05) is 6.92 Å². The molecule has 0 saturated heterocycles. The Morgan fingerprint density at radius 1 is 1.62 bits per heavy atom. The van der Waals surface area contributed by atoms with Gasteiger partial charge in [0, 0.05) is 11.4 Å². The largest absolute Gasteiger partial charge is 0.282 e. The molecule has 116 valence electrons. The van der Waals surface area contributed by atoms with Gasteiger partial charge in [0.1, 0.15) is 12.2 Å². The van der Waals surface area contributed by atoms with Crippen LogP contribution in [-0.4, -0.2) is 21.4 Å². The predicted octanol–water partition coefficient (Wildman–Crippen LogP) is 2.81. The molecule has 0 spiro atoms. The Morgan fingerprint density at radius 3 is 3.00 bits per heavy atom. The number of hydrogen-bond donors (Lipinski definition) is 1. The number of hydrogen-bond acceptors (Lipinski definition) is 3. The Hall–Kier alpha value is -1.79. The van der Waals surface area contributed by atoms with E-state index >= 15 is 0 Å². The summed E-state index contributed by atoms with van der Waals surface area (Å²) < 4.78 is 26.3. The number of hydrazone groups is 1. The van der Waals surface area contributed by atoms with E-state index in [-0.39, 0.29) is 18.1 Å². The van der Waals surface area contributed by atoms with Crippen LogP contribution < -0.4 is 5.43 Å². The third-order valence-corrected chi connectivity index (χ3v) is 3.60.